The van der Waals surface area contributed by atoms with Gasteiger partial charge in [0.15, 0.2) is 0 Å². The van der Waals surface area contributed by atoms with Gasteiger partial charge in [-0.1, -0.05) is 11.6 Å². The van der Waals surface area contributed by atoms with E-state index in [2.05, 4.69) is 4.98 Å². The van der Waals surface area contributed by atoms with Gasteiger partial charge in [-0.2, -0.15) is 0 Å². The molecule has 0 saturated carbocycles. The van der Waals surface area contributed by atoms with Crippen molar-refractivity contribution in [3.8, 4) is 0 Å². The highest BCUT2D eigenvalue weighted by molar-refractivity contribution is 6.32. The lowest BCUT2D eigenvalue weighted by molar-refractivity contribution is -0.385. The summed E-state index contributed by atoms with van der Waals surface area (Å²) in [7, 11) is 0. The monoisotopic (exact) mass is 257 g/mol. The molecule has 2 rings (SSSR count). The maximum atomic E-state index is 11.9. The van der Waals surface area contributed by atoms with Crippen molar-refractivity contribution in [3.05, 3.63) is 33.1 Å². The van der Waals surface area contributed by atoms with Gasteiger partial charge in [0, 0.05) is 6.20 Å². The summed E-state index contributed by atoms with van der Waals surface area (Å²) in [5.41, 5.74) is -0.605. The summed E-state index contributed by atoms with van der Waals surface area (Å²) in [6.07, 6.45) is 1.96. The van der Waals surface area contributed by atoms with Crippen LogP contribution >= 0.6 is 11.6 Å². The van der Waals surface area contributed by atoms with Gasteiger partial charge < -0.3 is 0 Å². The highest BCUT2D eigenvalue weighted by Gasteiger charge is 2.30. The lowest BCUT2D eigenvalue weighted by atomic mass is 10.2. The number of hydroxylamine groups is 2. The molecule has 0 atom stereocenters. The predicted octanol–water partition coefficient (Wildman–Crippen LogP) is 1.42. The van der Waals surface area contributed by atoms with Crippen molar-refractivity contribution in [3.63, 3.8) is 0 Å². The van der Waals surface area contributed by atoms with E-state index in [0.717, 1.165) is 5.06 Å². The summed E-state index contributed by atoms with van der Waals surface area (Å²) in [4.78, 5) is 30.7. The largest absolute Gasteiger partial charge is 0.319 e. The molecule has 0 N–H and O–H groups in total. The molecule has 0 aliphatic carbocycles. The zero-order valence-corrected chi connectivity index (χ0v) is 9.38. The third kappa shape index (κ3) is 2.20. The molecule has 1 amide bonds. The molecule has 90 valence electrons. The number of nitro groups is 1. The van der Waals surface area contributed by atoms with Crippen molar-refractivity contribution < 1.29 is 14.6 Å². The van der Waals surface area contributed by atoms with Crippen molar-refractivity contribution >= 4 is 23.2 Å². The molecule has 8 heteroatoms. The van der Waals surface area contributed by atoms with Gasteiger partial charge in [-0.25, -0.2) is 10.0 Å². The van der Waals surface area contributed by atoms with Crippen LogP contribution in [-0.2, 0) is 4.84 Å². The highest BCUT2D eigenvalue weighted by Crippen LogP contribution is 2.27. The first-order valence-corrected chi connectivity index (χ1v) is 5.22. The molecule has 7 nitrogen and oxygen atoms in total. The number of carbonyl (C=O) groups excluding carboxylic acids is 1. The molecule has 1 aliphatic rings. The predicted molar refractivity (Wildman–Crippen MR) is 57.5 cm³/mol. The summed E-state index contributed by atoms with van der Waals surface area (Å²) in [5.74, 6) is -0.571. The van der Waals surface area contributed by atoms with Crippen LogP contribution in [0.1, 0.15) is 16.8 Å². The number of aromatic nitrogens is 1. The van der Waals surface area contributed by atoms with Gasteiger partial charge in [0.2, 0.25) is 5.15 Å². The first-order valence-electron chi connectivity index (χ1n) is 4.85. The SMILES string of the molecule is O=C(c1ccnc(Cl)c1[N+](=O)[O-])N1CCCO1. The van der Waals surface area contributed by atoms with Gasteiger partial charge in [-0.05, 0) is 12.5 Å². The Kier molecular flexibility index (Phi) is 3.21. The second-order valence-electron chi connectivity index (χ2n) is 3.35. The number of halogens is 1. The van der Waals surface area contributed by atoms with Crippen molar-refractivity contribution in [1.29, 1.82) is 0 Å². The lowest BCUT2D eigenvalue weighted by Crippen LogP contribution is -2.27. The summed E-state index contributed by atoms with van der Waals surface area (Å²) in [6.45, 7) is 0.842. The van der Waals surface area contributed by atoms with Crippen LogP contribution in [-0.4, -0.2) is 34.0 Å². The number of carbonyl (C=O) groups is 1. The standard InChI is InChI=1S/C9H8ClN3O4/c10-8-7(13(15)16)6(2-3-11-8)9(14)12-4-1-5-17-12/h2-3H,1,4-5H2. The average molecular weight is 258 g/mol. The Balaban J connectivity index is 2.40. The first-order chi connectivity index (χ1) is 8.11. The first kappa shape index (κ1) is 11.7. The molecule has 1 fully saturated rings. The number of hydrogen-bond donors (Lipinski definition) is 0. The minimum Gasteiger partial charge on any atom is -0.271 e. The van der Waals surface area contributed by atoms with E-state index in [4.69, 9.17) is 16.4 Å². The van der Waals surface area contributed by atoms with Gasteiger partial charge >= 0.3 is 5.69 Å². The Morgan fingerprint density at radius 1 is 1.65 bits per heavy atom. The van der Waals surface area contributed by atoms with Crippen LogP contribution < -0.4 is 0 Å². The molecule has 1 aromatic rings. The Hall–Kier alpha value is -1.73. The average Bonchev–Trinajstić information content (AvgIpc) is 2.80. The second kappa shape index (κ2) is 4.64. The third-order valence-corrected chi connectivity index (χ3v) is 2.55. The van der Waals surface area contributed by atoms with E-state index in [9.17, 15) is 14.9 Å². The molecule has 2 heterocycles. The van der Waals surface area contributed by atoms with E-state index in [1.807, 2.05) is 0 Å². The molecule has 0 bridgehead atoms. The molecule has 1 saturated heterocycles. The van der Waals surface area contributed by atoms with E-state index in [1.54, 1.807) is 0 Å². The van der Waals surface area contributed by atoms with E-state index in [1.165, 1.54) is 12.3 Å². The van der Waals surface area contributed by atoms with Gasteiger partial charge in [-0.15, -0.1) is 0 Å². The van der Waals surface area contributed by atoms with Crippen LogP contribution in [0.4, 0.5) is 5.69 Å². The van der Waals surface area contributed by atoms with Gasteiger partial charge in [-0.3, -0.25) is 19.7 Å². The molecule has 0 aromatic carbocycles. The van der Waals surface area contributed by atoms with Crippen LogP contribution in [0.2, 0.25) is 5.15 Å². The molecule has 1 aromatic heterocycles. The smallest absolute Gasteiger partial charge is 0.271 e. The van der Waals surface area contributed by atoms with Gasteiger partial charge in [0.25, 0.3) is 5.91 Å². The second-order valence-corrected chi connectivity index (χ2v) is 3.71. The summed E-state index contributed by atoms with van der Waals surface area (Å²) in [6, 6.07) is 1.26. The zero-order chi connectivity index (χ0) is 12.4. The Morgan fingerprint density at radius 3 is 3.00 bits per heavy atom. The Bertz CT molecular complexity index is 473. The molecule has 17 heavy (non-hydrogen) atoms. The van der Waals surface area contributed by atoms with Gasteiger partial charge in [0.05, 0.1) is 18.1 Å². The number of pyridine rings is 1. The topological polar surface area (TPSA) is 85.6 Å². The molecule has 1 aliphatic heterocycles. The fourth-order valence-corrected chi connectivity index (χ4v) is 1.74. The minimum absolute atomic E-state index is 0.114. The molecular formula is C9H8ClN3O4. The van der Waals surface area contributed by atoms with Crippen LogP contribution in [0.15, 0.2) is 12.3 Å². The quantitative estimate of drug-likeness (QED) is 0.454. The highest BCUT2D eigenvalue weighted by atomic mass is 35.5. The van der Waals surface area contributed by atoms with E-state index < -0.39 is 16.5 Å². The zero-order valence-electron chi connectivity index (χ0n) is 8.63. The minimum atomic E-state index is -0.724. The summed E-state index contributed by atoms with van der Waals surface area (Å²) in [5, 5.41) is 11.6. The fraction of sp³-hybridized carbons (Fsp3) is 0.333. The van der Waals surface area contributed by atoms with Crippen molar-refractivity contribution in [2.75, 3.05) is 13.2 Å². The van der Waals surface area contributed by atoms with Crippen LogP contribution in [0, 0.1) is 10.1 Å². The van der Waals surface area contributed by atoms with E-state index >= 15 is 0 Å². The molecule has 0 radical (unpaired) electrons. The summed E-state index contributed by atoms with van der Waals surface area (Å²) >= 11 is 5.61. The molecule has 0 spiro atoms. The molecule has 0 unspecified atom stereocenters. The number of nitrogens with zero attached hydrogens (tertiary/aromatic N) is 3. The van der Waals surface area contributed by atoms with Gasteiger partial charge in [0.1, 0.15) is 5.56 Å². The van der Waals surface area contributed by atoms with Crippen LogP contribution in [0.25, 0.3) is 0 Å². The van der Waals surface area contributed by atoms with E-state index in [-0.39, 0.29) is 10.7 Å². The number of hydrogen-bond acceptors (Lipinski definition) is 5. The van der Waals surface area contributed by atoms with Crippen molar-refractivity contribution in [2.24, 2.45) is 0 Å². The van der Waals surface area contributed by atoms with Crippen LogP contribution in [0.3, 0.4) is 0 Å². The fourth-order valence-electron chi connectivity index (χ4n) is 1.52. The maximum Gasteiger partial charge on any atom is 0.319 e. The molecular weight excluding hydrogens is 250 g/mol. The lowest BCUT2D eigenvalue weighted by Gasteiger charge is -2.13. The summed E-state index contributed by atoms with van der Waals surface area (Å²) < 4.78 is 0. The third-order valence-electron chi connectivity index (χ3n) is 2.27. The normalized spacial score (nSPS) is 15.0. The van der Waals surface area contributed by atoms with Crippen LogP contribution in [0.5, 0.6) is 0 Å². The number of rotatable bonds is 2. The maximum absolute atomic E-state index is 11.9. The Labute approximate surface area is 101 Å². The van der Waals surface area contributed by atoms with Crippen molar-refractivity contribution in [1.82, 2.24) is 10.0 Å². The Morgan fingerprint density at radius 2 is 2.41 bits per heavy atom. The number of amides is 1. The van der Waals surface area contributed by atoms with E-state index in [0.29, 0.717) is 19.6 Å². The van der Waals surface area contributed by atoms with Crippen molar-refractivity contribution in [2.45, 2.75) is 6.42 Å².